The second kappa shape index (κ2) is 7.64. The largest absolute Gasteiger partial charge is 0.494 e. The van der Waals surface area contributed by atoms with Crippen molar-refractivity contribution in [2.45, 2.75) is 19.9 Å². The Bertz CT molecular complexity index is 617. The number of ether oxygens (including phenoxy) is 1. The maximum absolute atomic E-state index is 11.9. The van der Waals surface area contributed by atoms with Crippen LogP contribution in [0.3, 0.4) is 0 Å². The minimum atomic E-state index is -0.0910. The van der Waals surface area contributed by atoms with Gasteiger partial charge in [-0.2, -0.15) is 0 Å². The van der Waals surface area contributed by atoms with Crippen molar-refractivity contribution in [2.24, 2.45) is 0 Å². The summed E-state index contributed by atoms with van der Waals surface area (Å²) < 4.78 is 5.43. The van der Waals surface area contributed by atoms with Gasteiger partial charge in [0.25, 0.3) is 0 Å². The smallest absolute Gasteiger partial charge is 0.224 e. The van der Waals surface area contributed by atoms with Crippen molar-refractivity contribution in [3.05, 3.63) is 58.9 Å². The number of amides is 1. The van der Waals surface area contributed by atoms with Crippen LogP contribution in [0.1, 0.15) is 18.1 Å². The summed E-state index contributed by atoms with van der Waals surface area (Å²) in [6, 6.07) is 11.2. The lowest BCUT2D eigenvalue weighted by Crippen LogP contribution is -2.24. The molecule has 1 heterocycles. The number of carbonyl (C=O) groups is 1. The number of carbonyl (C=O) groups excluding carboxylic acids is 1. The fourth-order valence-electron chi connectivity index (χ4n) is 1.90. The van der Waals surface area contributed by atoms with Crippen molar-refractivity contribution >= 4 is 17.5 Å². The third-order valence-electron chi connectivity index (χ3n) is 2.89. The van der Waals surface area contributed by atoms with E-state index in [9.17, 15) is 4.79 Å². The highest BCUT2D eigenvalue weighted by Crippen LogP contribution is 2.14. The molecule has 0 spiro atoms. The predicted octanol–water partition coefficient (Wildman–Crippen LogP) is 2.99. The molecule has 0 saturated carbocycles. The van der Waals surface area contributed by atoms with Crippen LogP contribution < -0.4 is 10.1 Å². The number of nitrogens with zero attached hydrogens (tertiary/aromatic N) is 1. The van der Waals surface area contributed by atoms with Gasteiger partial charge in [-0.05, 0) is 36.2 Å². The number of halogens is 1. The zero-order chi connectivity index (χ0) is 15.1. The molecule has 0 unspecified atom stereocenters. The van der Waals surface area contributed by atoms with E-state index in [4.69, 9.17) is 16.3 Å². The standard InChI is InChI=1S/C16H17ClN2O2/c1-2-21-14-7-3-5-12(9-14)11-19-15(20)10-13-6-4-8-18-16(13)17/h3-9H,2,10-11H2,1H3,(H,19,20). The van der Waals surface area contributed by atoms with Crippen molar-refractivity contribution in [2.75, 3.05) is 6.61 Å². The highest BCUT2D eigenvalue weighted by atomic mass is 35.5. The molecule has 0 fully saturated rings. The Morgan fingerprint density at radius 3 is 2.95 bits per heavy atom. The summed E-state index contributed by atoms with van der Waals surface area (Å²) in [5.74, 6) is 0.714. The Hall–Kier alpha value is -2.07. The first kappa shape index (κ1) is 15.3. The molecular formula is C16H17ClN2O2. The zero-order valence-electron chi connectivity index (χ0n) is 11.8. The monoisotopic (exact) mass is 304 g/mol. The first-order valence-electron chi connectivity index (χ1n) is 6.77. The van der Waals surface area contributed by atoms with E-state index in [0.29, 0.717) is 18.3 Å². The highest BCUT2D eigenvalue weighted by Gasteiger charge is 2.07. The van der Waals surface area contributed by atoms with Gasteiger partial charge < -0.3 is 10.1 Å². The van der Waals surface area contributed by atoms with Crippen LogP contribution in [0, 0.1) is 0 Å². The van der Waals surface area contributed by atoms with Crippen LogP contribution in [0.4, 0.5) is 0 Å². The molecule has 0 aliphatic heterocycles. The van der Waals surface area contributed by atoms with Crippen LogP contribution in [-0.4, -0.2) is 17.5 Å². The van der Waals surface area contributed by atoms with Crippen molar-refractivity contribution in [1.29, 1.82) is 0 Å². The van der Waals surface area contributed by atoms with E-state index in [-0.39, 0.29) is 12.3 Å². The third kappa shape index (κ3) is 4.76. The molecule has 1 aromatic carbocycles. The maximum Gasteiger partial charge on any atom is 0.224 e. The number of hydrogen-bond donors (Lipinski definition) is 1. The number of rotatable bonds is 6. The lowest BCUT2D eigenvalue weighted by Gasteiger charge is -2.08. The van der Waals surface area contributed by atoms with Crippen LogP contribution in [0.2, 0.25) is 5.15 Å². The van der Waals surface area contributed by atoms with E-state index in [1.807, 2.05) is 31.2 Å². The Morgan fingerprint density at radius 2 is 2.19 bits per heavy atom. The molecule has 0 atom stereocenters. The molecule has 2 aromatic rings. The van der Waals surface area contributed by atoms with E-state index >= 15 is 0 Å². The van der Waals surface area contributed by atoms with Gasteiger partial charge in [0.1, 0.15) is 10.9 Å². The average molecular weight is 305 g/mol. The molecule has 110 valence electrons. The lowest BCUT2D eigenvalue weighted by atomic mass is 10.2. The number of pyridine rings is 1. The van der Waals surface area contributed by atoms with E-state index in [2.05, 4.69) is 10.3 Å². The van der Waals surface area contributed by atoms with Gasteiger partial charge in [-0.3, -0.25) is 4.79 Å². The molecule has 0 radical (unpaired) electrons. The molecule has 0 saturated heterocycles. The SMILES string of the molecule is CCOc1cccc(CNC(=O)Cc2cccnc2Cl)c1. The van der Waals surface area contributed by atoms with Gasteiger partial charge >= 0.3 is 0 Å². The van der Waals surface area contributed by atoms with Gasteiger partial charge in [0, 0.05) is 12.7 Å². The first-order valence-corrected chi connectivity index (χ1v) is 7.14. The molecule has 4 nitrogen and oxygen atoms in total. The second-order valence-corrected chi connectivity index (χ2v) is 4.85. The van der Waals surface area contributed by atoms with Crippen LogP contribution in [0.5, 0.6) is 5.75 Å². The third-order valence-corrected chi connectivity index (χ3v) is 3.23. The van der Waals surface area contributed by atoms with E-state index in [1.165, 1.54) is 0 Å². The summed E-state index contributed by atoms with van der Waals surface area (Å²) in [6.45, 7) is 3.01. The van der Waals surface area contributed by atoms with Crippen molar-refractivity contribution in [1.82, 2.24) is 10.3 Å². The minimum Gasteiger partial charge on any atom is -0.494 e. The van der Waals surface area contributed by atoms with Gasteiger partial charge in [-0.1, -0.05) is 29.8 Å². The fraction of sp³-hybridized carbons (Fsp3) is 0.250. The lowest BCUT2D eigenvalue weighted by molar-refractivity contribution is -0.120. The maximum atomic E-state index is 11.9. The molecule has 2 rings (SSSR count). The summed E-state index contributed by atoms with van der Waals surface area (Å²) >= 11 is 5.93. The van der Waals surface area contributed by atoms with Crippen LogP contribution >= 0.6 is 11.6 Å². The molecule has 1 N–H and O–H groups in total. The van der Waals surface area contributed by atoms with Gasteiger partial charge in [0.15, 0.2) is 0 Å². The van der Waals surface area contributed by atoms with Gasteiger partial charge in [-0.15, -0.1) is 0 Å². The Morgan fingerprint density at radius 1 is 1.33 bits per heavy atom. The number of hydrogen-bond acceptors (Lipinski definition) is 3. The Labute approximate surface area is 129 Å². The van der Waals surface area contributed by atoms with Gasteiger partial charge in [0.2, 0.25) is 5.91 Å². The highest BCUT2D eigenvalue weighted by molar-refractivity contribution is 6.30. The average Bonchev–Trinajstić information content (AvgIpc) is 2.48. The molecule has 1 aromatic heterocycles. The quantitative estimate of drug-likeness (QED) is 0.835. The minimum absolute atomic E-state index is 0.0910. The van der Waals surface area contributed by atoms with E-state index in [0.717, 1.165) is 16.9 Å². The zero-order valence-corrected chi connectivity index (χ0v) is 12.6. The van der Waals surface area contributed by atoms with Crippen LogP contribution in [0.25, 0.3) is 0 Å². The molecule has 0 aliphatic carbocycles. The van der Waals surface area contributed by atoms with E-state index in [1.54, 1.807) is 18.3 Å². The van der Waals surface area contributed by atoms with Crippen LogP contribution in [-0.2, 0) is 17.8 Å². The Kier molecular flexibility index (Phi) is 5.58. The summed E-state index contributed by atoms with van der Waals surface area (Å²) in [4.78, 5) is 15.9. The predicted molar refractivity (Wildman–Crippen MR) is 82.4 cm³/mol. The molecule has 0 aliphatic rings. The number of nitrogens with one attached hydrogen (secondary N) is 1. The molecular weight excluding hydrogens is 288 g/mol. The van der Waals surface area contributed by atoms with Crippen molar-refractivity contribution in [3.8, 4) is 5.75 Å². The van der Waals surface area contributed by atoms with Crippen molar-refractivity contribution in [3.63, 3.8) is 0 Å². The van der Waals surface area contributed by atoms with Gasteiger partial charge in [0.05, 0.1) is 13.0 Å². The molecule has 21 heavy (non-hydrogen) atoms. The summed E-state index contributed by atoms with van der Waals surface area (Å²) in [7, 11) is 0. The molecule has 0 bridgehead atoms. The van der Waals surface area contributed by atoms with Crippen molar-refractivity contribution < 1.29 is 9.53 Å². The topological polar surface area (TPSA) is 51.2 Å². The Balaban J connectivity index is 1.89. The first-order chi connectivity index (χ1) is 10.2. The summed E-state index contributed by atoms with van der Waals surface area (Å²) in [6.07, 6.45) is 1.82. The van der Waals surface area contributed by atoms with E-state index < -0.39 is 0 Å². The molecule has 1 amide bonds. The summed E-state index contributed by atoms with van der Waals surface area (Å²) in [5.41, 5.74) is 1.71. The summed E-state index contributed by atoms with van der Waals surface area (Å²) in [5, 5.41) is 3.23. The number of benzene rings is 1. The fourth-order valence-corrected chi connectivity index (χ4v) is 2.09. The second-order valence-electron chi connectivity index (χ2n) is 4.49. The van der Waals surface area contributed by atoms with Gasteiger partial charge in [-0.25, -0.2) is 4.98 Å². The van der Waals surface area contributed by atoms with Crippen LogP contribution in [0.15, 0.2) is 42.6 Å². The molecule has 5 heteroatoms. The number of aromatic nitrogens is 1. The normalized spacial score (nSPS) is 10.2.